The van der Waals surface area contributed by atoms with Gasteiger partial charge in [-0.2, -0.15) is 0 Å². The number of allylic oxidation sites excluding steroid dienone is 5. The van der Waals surface area contributed by atoms with Crippen molar-refractivity contribution in [2.75, 3.05) is 0 Å². The Balaban J connectivity index is 0.00000109. The number of aryl methyl sites for hydroxylation is 1. The van der Waals surface area contributed by atoms with Crippen LogP contribution >= 0.6 is 0 Å². The summed E-state index contributed by atoms with van der Waals surface area (Å²) in [6.07, 6.45) is 10.9. The van der Waals surface area contributed by atoms with E-state index in [1.807, 2.05) is 13.8 Å². The molecule has 0 radical (unpaired) electrons. The maximum atomic E-state index is 4.26. The van der Waals surface area contributed by atoms with E-state index in [0.29, 0.717) is 0 Å². The van der Waals surface area contributed by atoms with E-state index in [2.05, 4.69) is 80.9 Å². The molecule has 0 saturated carbocycles. The lowest BCUT2D eigenvalue weighted by Crippen LogP contribution is -2.23. The first-order valence-electron chi connectivity index (χ1n) is 9.08. The Morgan fingerprint density at radius 1 is 1.04 bits per heavy atom. The van der Waals surface area contributed by atoms with Gasteiger partial charge in [0.25, 0.3) is 0 Å². The molecule has 1 nitrogen and oxygen atoms in total. The van der Waals surface area contributed by atoms with Crippen molar-refractivity contribution >= 4 is 6.08 Å². The fourth-order valence-corrected chi connectivity index (χ4v) is 3.13. The van der Waals surface area contributed by atoms with Crippen molar-refractivity contribution in [2.45, 2.75) is 40.5 Å². The maximum absolute atomic E-state index is 4.26. The molecule has 1 heterocycles. The van der Waals surface area contributed by atoms with Crippen LogP contribution in [0.25, 0.3) is 6.08 Å². The largest absolute Gasteiger partial charge is 0.355 e. The minimum absolute atomic E-state index is 0.936. The summed E-state index contributed by atoms with van der Waals surface area (Å²) in [4.78, 5) is 0. The van der Waals surface area contributed by atoms with Crippen LogP contribution in [0.2, 0.25) is 0 Å². The molecule has 1 aromatic rings. The SMILES string of the molecule is C=C(/C=C/c1ccc(C)cc1)C1=C(C)C2=CCCC=C2NC1=C.CC. The van der Waals surface area contributed by atoms with E-state index in [0.717, 1.165) is 29.7 Å². The predicted molar refractivity (Wildman–Crippen MR) is 111 cm³/mol. The highest BCUT2D eigenvalue weighted by atomic mass is 14.9. The molecule has 1 N–H and O–H groups in total. The zero-order valence-corrected chi connectivity index (χ0v) is 15.9. The van der Waals surface area contributed by atoms with Gasteiger partial charge in [-0.05, 0) is 49.0 Å². The lowest BCUT2D eigenvalue weighted by molar-refractivity contribution is 0.887. The zero-order valence-electron chi connectivity index (χ0n) is 15.9. The van der Waals surface area contributed by atoms with Gasteiger partial charge in [0.15, 0.2) is 0 Å². The molecule has 1 aromatic carbocycles. The number of fused-ring (bicyclic) bond motifs is 1. The van der Waals surface area contributed by atoms with E-state index < -0.39 is 0 Å². The molecule has 0 aromatic heterocycles. The third-order valence-electron chi connectivity index (χ3n) is 4.40. The summed E-state index contributed by atoms with van der Waals surface area (Å²) in [5.41, 5.74) is 9.26. The number of nitrogens with one attached hydrogen (secondary N) is 1. The second-order valence-electron chi connectivity index (χ2n) is 6.19. The number of benzene rings is 1. The maximum Gasteiger partial charge on any atom is 0.0417 e. The highest BCUT2D eigenvalue weighted by molar-refractivity contribution is 5.67. The van der Waals surface area contributed by atoms with Crippen LogP contribution in [0.1, 0.15) is 44.7 Å². The van der Waals surface area contributed by atoms with Crippen LogP contribution < -0.4 is 5.32 Å². The van der Waals surface area contributed by atoms with Crippen molar-refractivity contribution in [3.8, 4) is 0 Å². The minimum atomic E-state index is 0.936. The van der Waals surface area contributed by atoms with E-state index in [9.17, 15) is 0 Å². The lowest BCUT2D eigenvalue weighted by atomic mass is 9.86. The fourth-order valence-electron chi connectivity index (χ4n) is 3.13. The molecule has 2 aliphatic rings. The Hall–Kier alpha value is -2.54. The van der Waals surface area contributed by atoms with Crippen LogP contribution in [-0.2, 0) is 0 Å². The Labute approximate surface area is 152 Å². The number of rotatable bonds is 3. The van der Waals surface area contributed by atoms with E-state index in [1.54, 1.807) is 0 Å². The van der Waals surface area contributed by atoms with Crippen molar-refractivity contribution in [1.82, 2.24) is 5.32 Å². The third kappa shape index (κ3) is 4.30. The van der Waals surface area contributed by atoms with E-state index in [4.69, 9.17) is 0 Å². The van der Waals surface area contributed by atoms with Gasteiger partial charge in [-0.1, -0.05) is 81.1 Å². The first-order valence-corrected chi connectivity index (χ1v) is 9.08. The first-order chi connectivity index (χ1) is 12.1. The summed E-state index contributed by atoms with van der Waals surface area (Å²) < 4.78 is 0. The van der Waals surface area contributed by atoms with Crippen LogP contribution in [-0.4, -0.2) is 0 Å². The molecule has 1 aliphatic heterocycles. The highest BCUT2D eigenvalue weighted by Gasteiger charge is 2.22. The van der Waals surface area contributed by atoms with E-state index in [-0.39, 0.29) is 0 Å². The second-order valence-corrected chi connectivity index (χ2v) is 6.19. The monoisotopic (exact) mass is 331 g/mol. The van der Waals surface area contributed by atoms with E-state index in [1.165, 1.54) is 28.0 Å². The normalized spacial score (nSPS) is 16.4. The predicted octanol–water partition coefficient (Wildman–Crippen LogP) is 6.63. The molecule has 3 rings (SSSR count). The molecular weight excluding hydrogens is 302 g/mol. The van der Waals surface area contributed by atoms with Crippen molar-refractivity contribution in [2.24, 2.45) is 0 Å². The molecule has 1 aliphatic carbocycles. The molecule has 0 saturated heterocycles. The summed E-state index contributed by atoms with van der Waals surface area (Å²) in [6, 6.07) is 8.49. The molecule has 0 atom stereocenters. The molecule has 1 heteroatoms. The summed E-state index contributed by atoms with van der Waals surface area (Å²) in [6.45, 7) is 16.7. The van der Waals surface area contributed by atoms with Crippen LogP contribution in [0, 0.1) is 6.92 Å². The molecule has 0 amide bonds. The van der Waals surface area contributed by atoms with Gasteiger partial charge >= 0.3 is 0 Å². The quantitative estimate of drug-likeness (QED) is 0.613. The Morgan fingerprint density at radius 3 is 2.36 bits per heavy atom. The summed E-state index contributed by atoms with van der Waals surface area (Å²) in [7, 11) is 0. The van der Waals surface area contributed by atoms with E-state index >= 15 is 0 Å². The summed E-state index contributed by atoms with van der Waals surface area (Å²) >= 11 is 0. The first kappa shape index (κ1) is 18.8. The van der Waals surface area contributed by atoms with Crippen LogP contribution in [0.15, 0.2) is 89.3 Å². The van der Waals surface area contributed by atoms with Crippen LogP contribution in [0.3, 0.4) is 0 Å². The van der Waals surface area contributed by atoms with Crippen molar-refractivity contribution in [3.05, 3.63) is 100 Å². The van der Waals surface area contributed by atoms with Crippen molar-refractivity contribution in [1.29, 1.82) is 0 Å². The molecule has 0 bridgehead atoms. The Bertz CT molecular complexity index is 780. The average Bonchev–Trinajstić information content (AvgIpc) is 2.63. The van der Waals surface area contributed by atoms with Gasteiger partial charge in [0, 0.05) is 17.0 Å². The van der Waals surface area contributed by atoms with Gasteiger partial charge < -0.3 is 5.32 Å². The van der Waals surface area contributed by atoms with Crippen LogP contribution in [0.4, 0.5) is 0 Å². The third-order valence-corrected chi connectivity index (χ3v) is 4.40. The Kier molecular flexibility index (Phi) is 6.41. The second kappa shape index (κ2) is 8.53. The fraction of sp³-hybridized carbons (Fsp3) is 0.250. The van der Waals surface area contributed by atoms with Crippen molar-refractivity contribution in [3.63, 3.8) is 0 Å². The van der Waals surface area contributed by atoms with Gasteiger partial charge in [0.2, 0.25) is 0 Å². The van der Waals surface area contributed by atoms with Gasteiger partial charge in [-0.3, -0.25) is 0 Å². The molecule has 0 fully saturated rings. The van der Waals surface area contributed by atoms with Crippen molar-refractivity contribution < 1.29 is 0 Å². The number of hydrogen-bond acceptors (Lipinski definition) is 1. The molecule has 0 unspecified atom stereocenters. The lowest BCUT2D eigenvalue weighted by Gasteiger charge is -2.29. The standard InChI is InChI=1S/C22H23N.C2H6/c1-15-9-12-19(13-10-15)14-11-16(2)22-17(3)20-7-5-6-8-21(20)23-18(22)4;1-2/h7-14,23H,2,4-6H2,1,3H3;1-2H3/b14-11+;. The van der Waals surface area contributed by atoms with Gasteiger partial charge in [0.1, 0.15) is 0 Å². The van der Waals surface area contributed by atoms with Gasteiger partial charge in [-0.25, -0.2) is 0 Å². The molecule has 25 heavy (non-hydrogen) atoms. The minimum Gasteiger partial charge on any atom is -0.355 e. The molecule has 0 spiro atoms. The summed E-state index contributed by atoms with van der Waals surface area (Å²) in [5.74, 6) is 0. The summed E-state index contributed by atoms with van der Waals surface area (Å²) in [5, 5.41) is 3.43. The van der Waals surface area contributed by atoms with Crippen LogP contribution in [0.5, 0.6) is 0 Å². The number of hydrogen-bond donors (Lipinski definition) is 1. The smallest absolute Gasteiger partial charge is 0.0417 e. The molecular formula is C24H29N. The molecule has 130 valence electrons. The topological polar surface area (TPSA) is 12.0 Å². The average molecular weight is 332 g/mol. The van der Waals surface area contributed by atoms with Gasteiger partial charge in [-0.15, -0.1) is 0 Å². The highest BCUT2D eigenvalue weighted by Crippen LogP contribution is 2.36. The Morgan fingerprint density at radius 2 is 1.68 bits per heavy atom. The van der Waals surface area contributed by atoms with Gasteiger partial charge in [0.05, 0.1) is 0 Å². The zero-order chi connectivity index (χ0) is 18.4.